The van der Waals surface area contributed by atoms with E-state index in [2.05, 4.69) is 10.6 Å². The minimum absolute atomic E-state index is 0. The predicted octanol–water partition coefficient (Wildman–Crippen LogP) is 1.34. The van der Waals surface area contributed by atoms with Crippen molar-refractivity contribution < 1.29 is 9.53 Å². The largest absolute Gasteiger partial charge is 0.385 e. The normalized spacial score (nSPS) is 16.8. The molecule has 0 aromatic heterocycles. The van der Waals surface area contributed by atoms with Crippen LogP contribution in [0.1, 0.15) is 32.1 Å². The minimum atomic E-state index is -0.115. The van der Waals surface area contributed by atoms with Gasteiger partial charge in [0.1, 0.15) is 0 Å². The zero-order valence-electron chi connectivity index (χ0n) is 10.9. The molecule has 1 aliphatic carbocycles. The number of amides is 1. The fourth-order valence-electron chi connectivity index (χ4n) is 2.15. The van der Waals surface area contributed by atoms with Gasteiger partial charge in [0.25, 0.3) is 0 Å². The summed E-state index contributed by atoms with van der Waals surface area (Å²) < 4.78 is 5.08. The Kier molecular flexibility index (Phi) is 8.56. The van der Waals surface area contributed by atoms with Crippen LogP contribution in [0.3, 0.4) is 0 Å². The van der Waals surface area contributed by atoms with Crippen LogP contribution >= 0.6 is 12.4 Å². The van der Waals surface area contributed by atoms with Gasteiger partial charge in [0.05, 0.1) is 5.41 Å². The lowest BCUT2D eigenvalue weighted by molar-refractivity contribution is -0.137. The Bertz CT molecular complexity index is 221. The van der Waals surface area contributed by atoms with E-state index in [1.807, 2.05) is 7.05 Å². The molecule has 1 rings (SSSR count). The second-order valence-corrected chi connectivity index (χ2v) is 4.59. The van der Waals surface area contributed by atoms with E-state index >= 15 is 0 Å². The van der Waals surface area contributed by atoms with Gasteiger partial charge in [0, 0.05) is 20.3 Å². The molecule has 2 N–H and O–H groups in total. The van der Waals surface area contributed by atoms with Crippen molar-refractivity contribution in [3.63, 3.8) is 0 Å². The highest BCUT2D eigenvalue weighted by molar-refractivity contribution is 5.85. The second-order valence-electron chi connectivity index (χ2n) is 4.59. The van der Waals surface area contributed by atoms with Crippen LogP contribution in [0.5, 0.6) is 0 Å². The summed E-state index contributed by atoms with van der Waals surface area (Å²) in [6.07, 6.45) is 5.07. The first-order valence-corrected chi connectivity index (χ1v) is 6.17. The molecule has 0 unspecified atom stereocenters. The SMILES string of the molecule is CNCCCNC(=O)C1(CCOC)CCC1.Cl. The first-order chi connectivity index (χ1) is 7.75. The Morgan fingerprint density at radius 3 is 2.53 bits per heavy atom. The lowest BCUT2D eigenvalue weighted by atomic mass is 9.66. The smallest absolute Gasteiger partial charge is 0.226 e. The van der Waals surface area contributed by atoms with Crippen LogP contribution in [-0.4, -0.2) is 39.8 Å². The Morgan fingerprint density at radius 1 is 1.35 bits per heavy atom. The fourth-order valence-corrected chi connectivity index (χ4v) is 2.15. The molecule has 0 aromatic rings. The van der Waals surface area contributed by atoms with Gasteiger partial charge in [0.2, 0.25) is 5.91 Å². The first-order valence-electron chi connectivity index (χ1n) is 6.17. The van der Waals surface area contributed by atoms with Crippen molar-refractivity contribution in [2.45, 2.75) is 32.1 Å². The Balaban J connectivity index is 0.00000256. The van der Waals surface area contributed by atoms with Crippen molar-refractivity contribution in [1.82, 2.24) is 10.6 Å². The van der Waals surface area contributed by atoms with Crippen LogP contribution in [0, 0.1) is 5.41 Å². The minimum Gasteiger partial charge on any atom is -0.385 e. The summed E-state index contributed by atoms with van der Waals surface area (Å²) in [6, 6.07) is 0. The zero-order chi connectivity index (χ0) is 11.9. The monoisotopic (exact) mass is 264 g/mol. The highest BCUT2D eigenvalue weighted by atomic mass is 35.5. The van der Waals surface area contributed by atoms with Crippen molar-refractivity contribution in [1.29, 1.82) is 0 Å². The van der Waals surface area contributed by atoms with E-state index in [1.54, 1.807) is 7.11 Å². The predicted molar refractivity (Wildman–Crippen MR) is 71.6 cm³/mol. The van der Waals surface area contributed by atoms with Gasteiger partial charge in [-0.25, -0.2) is 0 Å². The van der Waals surface area contributed by atoms with Crippen molar-refractivity contribution in [3.8, 4) is 0 Å². The number of nitrogens with one attached hydrogen (secondary N) is 2. The van der Waals surface area contributed by atoms with Gasteiger partial charge >= 0.3 is 0 Å². The molecular formula is C12H25ClN2O2. The molecule has 0 aromatic carbocycles. The van der Waals surface area contributed by atoms with E-state index in [4.69, 9.17) is 4.74 Å². The van der Waals surface area contributed by atoms with Gasteiger partial charge in [-0.3, -0.25) is 4.79 Å². The van der Waals surface area contributed by atoms with Crippen molar-refractivity contribution >= 4 is 18.3 Å². The molecule has 1 fully saturated rings. The van der Waals surface area contributed by atoms with Gasteiger partial charge in [-0.15, -0.1) is 12.4 Å². The topological polar surface area (TPSA) is 50.4 Å². The van der Waals surface area contributed by atoms with Gasteiger partial charge in [-0.1, -0.05) is 6.42 Å². The molecular weight excluding hydrogens is 240 g/mol. The summed E-state index contributed by atoms with van der Waals surface area (Å²) in [6.45, 7) is 2.41. The highest BCUT2D eigenvalue weighted by Crippen LogP contribution is 2.44. The Hall–Kier alpha value is -0.320. The third-order valence-electron chi connectivity index (χ3n) is 3.47. The second kappa shape index (κ2) is 8.72. The quantitative estimate of drug-likeness (QED) is 0.651. The average Bonchev–Trinajstić information content (AvgIpc) is 2.23. The summed E-state index contributed by atoms with van der Waals surface area (Å²) in [7, 11) is 3.62. The number of carbonyl (C=O) groups is 1. The van der Waals surface area contributed by atoms with Crippen molar-refractivity contribution in [2.24, 2.45) is 5.41 Å². The van der Waals surface area contributed by atoms with Gasteiger partial charge < -0.3 is 15.4 Å². The standard InChI is InChI=1S/C12H24N2O2.ClH/c1-13-8-4-9-14-11(15)12(5-3-6-12)7-10-16-2;/h13H,3-10H2,1-2H3,(H,14,15);1H. The Labute approximate surface area is 110 Å². The fraction of sp³-hybridized carbons (Fsp3) is 0.917. The Morgan fingerprint density at radius 2 is 2.06 bits per heavy atom. The molecule has 0 radical (unpaired) electrons. The van der Waals surface area contributed by atoms with Crippen LogP contribution in [0.25, 0.3) is 0 Å². The summed E-state index contributed by atoms with van der Waals surface area (Å²) in [5, 5.41) is 6.11. The van der Waals surface area contributed by atoms with Crippen LogP contribution < -0.4 is 10.6 Å². The molecule has 4 nitrogen and oxygen atoms in total. The zero-order valence-corrected chi connectivity index (χ0v) is 11.7. The highest BCUT2D eigenvalue weighted by Gasteiger charge is 2.43. The first kappa shape index (κ1) is 16.7. The van der Waals surface area contributed by atoms with Crippen molar-refractivity contribution in [3.05, 3.63) is 0 Å². The molecule has 0 spiro atoms. The van der Waals surface area contributed by atoms with Crippen LogP contribution in [0.2, 0.25) is 0 Å². The lowest BCUT2D eigenvalue weighted by Crippen LogP contribution is -2.46. The molecule has 0 bridgehead atoms. The number of hydrogen-bond donors (Lipinski definition) is 2. The molecule has 0 saturated heterocycles. The number of carbonyl (C=O) groups excluding carboxylic acids is 1. The number of rotatable bonds is 8. The maximum atomic E-state index is 12.0. The molecule has 17 heavy (non-hydrogen) atoms. The van der Waals surface area contributed by atoms with E-state index in [-0.39, 0.29) is 23.7 Å². The van der Waals surface area contributed by atoms with E-state index in [0.717, 1.165) is 38.8 Å². The van der Waals surface area contributed by atoms with E-state index in [9.17, 15) is 4.79 Å². The molecule has 5 heteroatoms. The molecule has 102 valence electrons. The third kappa shape index (κ3) is 4.82. The van der Waals surface area contributed by atoms with Gasteiger partial charge in [-0.05, 0) is 39.3 Å². The summed E-state index contributed by atoms with van der Waals surface area (Å²) in [4.78, 5) is 12.0. The molecule has 1 saturated carbocycles. The molecule has 0 heterocycles. The van der Waals surface area contributed by atoms with Crippen LogP contribution in [-0.2, 0) is 9.53 Å². The van der Waals surface area contributed by atoms with Crippen molar-refractivity contribution in [2.75, 3.05) is 33.9 Å². The number of methoxy groups -OCH3 is 1. The molecule has 0 atom stereocenters. The molecule has 1 aliphatic rings. The summed E-state index contributed by atoms with van der Waals surface area (Å²) >= 11 is 0. The third-order valence-corrected chi connectivity index (χ3v) is 3.47. The maximum Gasteiger partial charge on any atom is 0.226 e. The average molecular weight is 265 g/mol. The van der Waals surface area contributed by atoms with Gasteiger partial charge in [-0.2, -0.15) is 0 Å². The summed E-state index contributed by atoms with van der Waals surface area (Å²) in [5.74, 6) is 0.229. The molecule has 0 aliphatic heterocycles. The van der Waals surface area contributed by atoms with Crippen LogP contribution in [0.4, 0.5) is 0 Å². The number of halogens is 1. The van der Waals surface area contributed by atoms with E-state index in [1.165, 1.54) is 6.42 Å². The van der Waals surface area contributed by atoms with E-state index in [0.29, 0.717) is 6.61 Å². The van der Waals surface area contributed by atoms with E-state index < -0.39 is 0 Å². The maximum absolute atomic E-state index is 12.0. The lowest BCUT2D eigenvalue weighted by Gasteiger charge is -2.40. The van der Waals surface area contributed by atoms with Gasteiger partial charge in [0.15, 0.2) is 0 Å². The number of hydrogen-bond acceptors (Lipinski definition) is 3. The number of ether oxygens (including phenoxy) is 1. The summed E-state index contributed by atoms with van der Waals surface area (Å²) in [5.41, 5.74) is -0.115. The van der Waals surface area contributed by atoms with Crippen LogP contribution in [0.15, 0.2) is 0 Å². The molecule has 1 amide bonds.